The van der Waals surface area contributed by atoms with Gasteiger partial charge in [-0.15, -0.1) is 0 Å². The number of halogens is 1. The van der Waals surface area contributed by atoms with Gasteiger partial charge in [-0.25, -0.2) is 0 Å². The van der Waals surface area contributed by atoms with Crippen LogP contribution in [-0.4, -0.2) is 54.1 Å². The van der Waals surface area contributed by atoms with Crippen LogP contribution in [-0.2, 0) is 17.8 Å². The van der Waals surface area contributed by atoms with Crippen LogP contribution in [0.5, 0.6) is 0 Å². The van der Waals surface area contributed by atoms with Gasteiger partial charge in [-0.05, 0) is 32.5 Å². The third-order valence-corrected chi connectivity index (χ3v) is 5.19. The van der Waals surface area contributed by atoms with E-state index in [1.807, 2.05) is 28.9 Å². The molecule has 1 fully saturated rings. The van der Waals surface area contributed by atoms with Crippen LogP contribution in [0, 0.1) is 13.8 Å². The fraction of sp³-hybridized carbons (Fsp3) is 0.526. The minimum absolute atomic E-state index is 0.262. The van der Waals surface area contributed by atoms with E-state index in [9.17, 15) is 0 Å². The molecule has 1 saturated heterocycles. The third-order valence-electron chi connectivity index (χ3n) is 4.82. The van der Waals surface area contributed by atoms with Crippen molar-refractivity contribution < 1.29 is 4.74 Å². The summed E-state index contributed by atoms with van der Waals surface area (Å²) in [6, 6.07) is 7.93. The number of hydrogen-bond donors (Lipinski definition) is 1. The quantitative estimate of drug-likeness (QED) is 0.857. The molecule has 1 aliphatic heterocycles. The first-order valence-electron chi connectivity index (χ1n) is 8.81. The normalized spacial score (nSPS) is 18.6. The molecule has 136 valence electrons. The molecule has 0 radical (unpaired) electrons. The summed E-state index contributed by atoms with van der Waals surface area (Å²) >= 11 is 6.28. The highest BCUT2D eigenvalue weighted by Crippen LogP contribution is 2.19. The fourth-order valence-corrected chi connectivity index (χ4v) is 3.48. The van der Waals surface area contributed by atoms with E-state index in [1.54, 1.807) is 0 Å². The molecule has 1 atom stereocenters. The number of rotatable bonds is 6. The molecule has 1 N–H and O–H groups in total. The second-order valence-corrected chi connectivity index (χ2v) is 7.19. The lowest BCUT2D eigenvalue weighted by atomic mass is 10.2. The number of benzene rings is 1. The summed E-state index contributed by atoms with van der Waals surface area (Å²) in [7, 11) is 2.14. The van der Waals surface area contributed by atoms with E-state index < -0.39 is 0 Å². The van der Waals surface area contributed by atoms with Gasteiger partial charge >= 0.3 is 0 Å². The summed E-state index contributed by atoms with van der Waals surface area (Å²) in [4.78, 5) is 2.31. The van der Waals surface area contributed by atoms with Crippen LogP contribution in [0.2, 0.25) is 5.02 Å². The van der Waals surface area contributed by atoms with E-state index in [4.69, 9.17) is 21.4 Å². The monoisotopic (exact) mass is 362 g/mol. The van der Waals surface area contributed by atoms with Gasteiger partial charge in [-0.1, -0.05) is 29.8 Å². The molecule has 0 spiro atoms. The first kappa shape index (κ1) is 18.4. The average molecular weight is 363 g/mol. The maximum Gasteiger partial charge on any atom is 0.0826 e. The summed E-state index contributed by atoms with van der Waals surface area (Å²) in [5.74, 6) is 0. The van der Waals surface area contributed by atoms with Crippen molar-refractivity contribution in [3.63, 3.8) is 0 Å². The van der Waals surface area contributed by atoms with E-state index in [2.05, 4.69) is 31.1 Å². The van der Waals surface area contributed by atoms with Crippen LogP contribution in [0.3, 0.4) is 0 Å². The molecule has 2 aromatic rings. The van der Waals surface area contributed by atoms with Crippen LogP contribution in [0.25, 0.3) is 0 Å². The predicted molar refractivity (Wildman–Crippen MR) is 101 cm³/mol. The van der Waals surface area contributed by atoms with Crippen LogP contribution >= 0.6 is 11.6 Å². The van der Waals surface area contributed by atoms with Gasteiger partial charge in [0, 0.05) is 42.5 Å². The first-order chi connectivity index (χ1) is 12.0. The van der Waals surface area contributed by atoms with Crippen LogP contribution < -0.4 is 5.32 Å². The minimum Gasteiger partial charge on any atom is -0.374 e. The van der Waals surface area contributed by atoms with Crippen molar-refractivity contribution in [3.8, 4) is 0 Å². The number of nitrogens with zero attached hydrogens (tertiary/aromatic N) is 3. The lowest BCUT2D eigenvalue weighted by molar-refractivity contribution is -0.0182. The standard InChI is InChI=1S/C19H27ClN4O/c1-14-18(11-21-10-17-13-23(3)8-9-25-17)15(2)24(22-14)12-16-6-4-5-7-19(16)20/h4-7,17,21H,8-13H2,1-3H3/t17-/m1/s1. The zero-order valence-corrected chi connectivity index (χ0v) is 16.0. The summed E-state index contributed by atoms with van der Waals surface area (Å²) < 4.78 is 7.84. The van der Waals surface area contributed by atoms with Gasteiger partial charge in [0.05, 0.1) is 24.9 Å². The molecule has 0 bridgehead atoms. The lowest BCUT2D eigenvalue weighted by Crippen LogP contribution is -2.44. The molecule has 3 rings (SSSR count). The van der Waals surface area contributed by atoms with Crippen molar-refractivity contribution in [2.45, 2.75) is 33.0 Å². The Kier molecular flexibility index (Phi) is 6.12. The molecular formula is C19H27ClN4O. The van der Waals surface area contributed by atoms with Crippen molar-refractivity contribution >= 4 is 11.6 Å². The second-order valence-electron chi connectivity index (χ2n) is 6.78. The van der Waals surface area contributed by atoms with E-state index in [1.165, 1.54) is 11.3 Å². The molecule has 5 nitrogen and oxygen atoms in total. The number of aromatic nitrogens is 2. The van der Waals surface area contributed by atoms with Gasteiger partial charge < -0.3 is 15.0 Å². The summed E-state index contributed by atoms with van der Waals surface area (Å²) in [5, 5.41) is 9.02. The molecule has 1 aliphatic rings. The Bertz CT molecular complexity index is 715. The number of aryl methyl sites for hydroxylation is 1. The zero-order chi connectivity index (χ0) is 17.8. The van der Waals surface area contributed by atoms with Crippen molar-refractivity contribution in [2.24, 2.45) is 0 Å². The molecule has 1 aromatic heterocycles. The summed E-state index contributed by atoms with van der Waals surface area (Å²) in [6.07, 6.45) is 0.262. The van der Waals surface area contributed by atoms with Crippen molar-refractivity contribution in [1.29, 1.82) is 0 Å². The number of nitrogens with one attached hydrogen (secondary N) is 1. The van der Waals surface area contributed by atoms with Crippen LogP contribution in [0.1, 0.15) is 22.5 Å². The van der Waals surface area contributed by atoms with E-state index >= 15 is 0 Å². The lowest BCUT2D eigenvalue weighted by Gasteiger charge is -2.30. The molecule has 2 heterocycles. The Morgan fingerprint density at radius 2 is 2.12 bits per heavy atom. The van der Waals surface area contributed by atoms with Crippen molar-refractivity contribution in [2.75, 3.05) is 33.3 Å². The van der Waals surface area contributed by atoms with Gasteiger partial charge in [-0.3, -0.25) is 4.68 Å². The highest BCUT2D eigenvalue weighted by atomic mass is 35.5. The van der Waals surface area contributed by atoms with Crippen molar-refractivity contribution in [1.82, 2.24) is 20.0 Å². The van der Waals surface area contributed by atoms with Gasteiger partial charge in [0.2, 0.25) is 0 Å². The van der Waals surface area contributed by atoms with Gasteiger partial charge in [0.25, 0.3) is 0 Å². The Morgan fingerprint density at radius 3 is 2.88 bits per heavy atom. The van der Waals surface area contributed by atoms with Crippen LogP contribution in [0.15, 0.2) is 24.3 Å². The largest absolute Gasteiger partial charge is 0.374 e. The molecule has 0 saturated carbocycles. The highest BCUT2D eigenvalue weighted by molar-refractivity contribution is 6.31. The number of morpholine rings is 1. The van der Waals surface area contributed by atoms with Gasteiger partial charge in [0.15, 0.2) is 0 Å². The molecular weight excluding hydrogens is 336 g/mol. The van der Waals surface area contributed by atoms with E-state index in [0.29, 0.717) is 6.54 Å². The van der Waals surface area contributed by atoms with E-state index in [0.717, 1.165) is 49.1 Å². The van der Waals surface area contributed by atoms with E-state index in [-0.39, 0.29) is 6.10 Å². The number of likely N-dealkylation sites (N-methyl/N-ethyl adjacent to an activating group) is 1. The Hall–Kier alpha value is -1.40. The van der Waals surface area contributed by atoms with Gasteiger partial charge in [0.1, 0.15) is 0 Å². The maximum atomic E-state index is 6.28. The summed E-state index contributed by atoms with van der Waals surface area (Å²) in [5.41, 5.74) is 4.61. The minimum atomic E-state index is 0.262. The second kappa shape index (κ2) is 8.32. The maximum absolute atomic E-state index is 6.28. The fourth-order valence-electron chi connectivity index (χ4n) is 3.28. The average Bonchev–Trinajstić information content (AvgIpc) is 2.84. The van der Waals surface area contributed by atoms with Gasteiger partial charge in [-0.2, -0.15) is 5.10 Å². The van der Waals surface area contributed by atoms with Crippen molar-refractivity contribution in [3.05, 3.63) is 51.8 Å². The highest BCUT2D eigenvalue weighted by Gasteiger charge is 2.18. The molecule has 6 heteroatoms. The smallest absolute Gasteiger partial charge is 0.0826 e. The first-order valence-corrected chi connectivity index (χ1v) is 9.19. The van der Waals surface area contributed by atoms with Crippen LogP contribution in [0.4, 0.5) is 0 Å². The number of ether oxygens (including phenoxy) is 1. The zero-order valence-electron chi connectivity index (χ0n) is 15.3. The number of hydrogen-bond acceptors (Lipinski definition) is 4. The Balaban J connectivity index is 1.61. The summed E-state index contributed by atoms with van der Waals surface area (Å²) in [6.45, 7) is 9.37. The predicted octanol–water partition coefficient (Wildman–Crippen LogP) is 2.62. The third kappa shape index (κ3) is 4.61. The molecule has 25 heavy (non-hydrogen) atoms. The molecule has 0 aliphatic carbocycles. The Morgan fingerprint density at radius 1 is 1.32 bits per heavy atom. The Labute approximate surface area is 154 Å². The molecule has 0 amide bonds. The molecule has 0 unspecified atom stereocenters. The SMILES string of the molecule is Cc1nn(Cc2ccccc2Cl)c(C)c1CNC[C@@H]1CN(C)CCO1. The topological polar surface area (TPSA) is 42.3 Å². The molecule has 1 aromatic carbocycles.